The van der Waals surface area contributed by atoms with Gasteiger partial charge in [0.05, 0.1) is 18.4 Å². The lowest BCUT2D eigenvalue weighted by molar-refractivity contribution is -0.139. The van der Waals surface area contributed by atoms with Gasteiger partial charge in [-0.15, -0.1) is 0 Å². The van der Waals surface area contributed by atoms with Crippen LogP contribution in [0.4, 0.5) is 0 Å². The Labute approximate surface area is 108 Å². The number of hydrogen-bond donors (Lipinski definition) is 2. The first-order valence-corrected chi connectivity index (χ1v) is 6.63. The number of hydrogen-bond acceptors (Lipinski definition) is 3. The zero-order valence-corrected chi connectivity index (χ0v) is 11.4. The molecule has 1 fully saturated rings. The molecule has 0 aromatic carbocycles. The molecule has 0 bridgehead atoms. The molecule has 0 spiro atoms. The van der Waals surface area contributed by atoms with Crippen molar-refractivity contribution < 1.29 is 19.4 Å². The molecule has 1 amide bonds. The van der Waals surface area contributed by atoms with Crippen molar-refractivity contribution in [1.29, 1.82) is 0 Å². The minimum Gasteiger partial charge on any atom is -0.481 e. The second kappa shape index (κ2) is 6.18. The molecule has 0 aromatic rings. The lowest BCUT2D eigenvalue weighted by atomic mass is 9.88. The van der Waals surface area contributed by atoms with E-state index in [2.05, 4.69) is 5.32 Å². The number of carboxylic acids is 1. The van der Waals surface area contributed by atoms with Crippen LogP contribution in [-0.4, -0.2) is 35.2 Å². The molecule has 0 aliphatic heterocycles. The standard InChI is InChI=1S/C13H23NO4/c1-4-13(5-2,8-11(15)16)14-12(17)9-7-10(9)18-6-3/h9-10H,4-8H2,1-3H3,(H,14,17)(H,15,16). The zero-order valence-electron chi connectivity index (χ0n) is 11.4. The van der Waals surface area contributed by atoms with E-state index in [4.69, 9.17) is 9.84 Å². The first-order chi connectivity index (χ1) is 8.48. The van der Waals surface area contributed by atoms with Gasteiger partial charge >= 0.3 is 5.97 Å². The fourth-order valence-electron chi connectivity index (χ4n) is 2.21. The summed E-state index contributed by atoms with van der Waals surface area (Å²) in [6, 6.07) is 0. The maximum Gasteiger partial charge on any atom is 0.305 e. The Kier molecular flexibility index (Phi) is 5.14. The maximum absolute atomic E-state index is 12.0. The average molecular weight is 257 g/mol. The molecule has 5 heteroatoms. The molecule has 0 radical (unpaired) electrons. The summed E-state index contributed by atoms with van der Waals surface area (Å²) in [6.07, 6.45) is 1.97. The predicted octanol–water partition coefficient (Wildman–Crippen LogP) is 1.56. The summed E-state index contributed by atoms with van der Waals surface area (Å²) in [4.78, 5) is 22.9. The first-order valence-electron chi connectivity index (χ1n) is 6.63. The van der Waals surface area contributed by atoms with E-state index in [-0.39, 0.29) is 24.3 Å². The molecule has 1 rings (SSSR count). The minimum absolute atomic E-state index is 0.0197. The molecule has 2 unspecified atom stereocenters. The summed E-state index contributed by atoms with van der Waals surface area (Å²) in [7, 11) is 0. The van der Waals surface area contributed by atoms with E-state index in [1.165, 1.54) is 0 Å². The number of carbonyl (C=O) groups excluding carboxylic acids is 1. The van der Waals surface area contributed by atoms with Crippen LogP contribution in [0.1, 0.15) is 46.5 Å². The molecule has 18 heavy (non-hydrogen) atoms. The van der Waals surface area contributed by atoms with Crippen LogP contribution in [0, 0.1) is 5.92 Å². The Morgan fingerprint density at radius 2 is 1.94 bits per heavy atom. The number of aliphatic carboxylic acids is 1. The molecule has 104 valence electrons. The number of nitrogens with one attached hydrogen (secondary N) is 1. The van der Waals surface area contributed by atoms with Gasteiger partial charge in [0.1, 0.15) is 0 Å². The third-order valence-electron chi connectivity index (χ3n) is 3.68. The van der Waals surface area contributed by atoms with Gasteiger partial charge in [0.15, 0.2) is 0 Å². The highest BCUT2D eigenvalue weighted by Crippen LogP contribution is 2.35. The van der Waals surface area contributed by atoms with E-state index in [0.29, 0.717) is 19.4 Å². The van der Waals surface area contributed by atoms with E-state index in [1.807, 2.05) is 20.8 Å². The molecule has 2 N–H and O–H groups in total. The highest BCUT2D eigenvalue weighted by Gasteiger charge is 2.46. The van der Waals surface area contributed by atoms with Crippen LogP contribution in [0.3, 0.4) is 0 Å². The molecule has 5 nitrogen and oxygen atoms in total. The van der Waals surface area contributed by atoms with Crippen LogP contribution in [0.15, 0.2) is 0 Å². The van der Waals surface area contributed by atoms with Crippen molar-refractivity contribution in [1.82, 2.24) is 5.32 Å². The zero-order chi connectivity index (χ0) is 13.8. The molecular weight excluding hydrogens is 234 g/mol. The fraction of sp³-hybridized carbons (Fsp3) is 0.846. The maximum atomic E-state index is 12.0. The van der Waals surface area contributed by atoms with Gasteiger partial charge in [0, 0.05) is 12.1 Å². The minimum atomic E-state index is -0.879. The monoisotopic (exact) mass is 257 g/mol. The lowest BCUT2D eigenvalue weighted by Crippen LogP contribution is -2.50. The van der Waals surface area contributed by atoms with Crippen molar-refractivity contribution in [2.24, 2.45) is 5.92 Å². The third kappa shape index (κ3) is 3.70. The van der Waals surface area contributed by atoms with Crippen molar-refractivity contribution in [2.45, 2.75) is 58.1 Å². The van der Waals surface area contributed by atoms with Crippen molar-refractivity contribution in [3.8, 4) is 0 Å². The smallest absolute Gasteiger partial charge is 0.305 e. The molecule has 0 aromatic heterocycles. The van der Waals surface area contributed by atoms with Crippen LogP contribution in [0.5, 0.6) is 0 Å². The largest absolute Gasteiger partial charge is 0.481 e. The first kappa shape index (κ1) is 15.0. The van der Waals surface area contributed by atoms with E-state index in [0.717, 1.165) is 6.42 Å². The molecule has 0 heterocycles. The number of rotatable bonds is 8. The van der Waals surface area contributed by atoms with E-state index >= 15 is 0 Å². The molecule has 2 atom stereocenters. The summed E-state index contributed by atoms with van der Waals surface area (Å²) in [5, 5.41) is 11.9. The summed E-state index contributed by atoms with van der Waals surface area (Å²) >= 11 is 0. The number of carboxylic acid groups (broad SMARTS) is 1. The third-order valence-corrected chi connectivity index (χ3v) is 3.68. The van der Waals surface area contributed by atoms with E-state index in [9.17, 15) is 9.59 Å². The van der Waals surface area contributed by atoms with Gasteiger partial charge in [-0.3, -0.25) is 9.59 Å². The van der Waals surface area contributed by atoms with Gasteiger partial charge in [-0.2, -0.15) is 0 Å². The van der Waals surface area contributed by atoms with Gasteiger partial charge in [0.25, 0.3) is 0 Å². The Balaban J connectivity index is 2.56. The molecule has 1 aliphatic carbocycles. The van der Waals surface area contributed by atoms with Gasteiger partial charge < -0.3 is 15.2 Å². The Morgan fingerprint density at radius 3 is 2.39 bits per heavy atom. The molecular formula is C13H23NO4. The van der Waals surface area contributed by atoms with Crippen LogP contribution in [0.2, 0.25) is 0 Å². The highest BCUT2D eigenvalue weighted by molar-refractivity contribution is 5.83. The number of ether oxygens (including phenoxy) is 1. The number of amides is 1. The predicted molar refractivity (Wildman–Crippen MR) is 67.2 cm³/mol. The van der Waals surface area contributed by atoms with Crippen LogP contribution in [-0.2, 0) is 14.3 Å². The molecule has 1 aliphatic rings. The number of carbonyl (C=O) groups is 2. The average Bonchev–Trinajstić information content (AvgIpc) is 3.07. The van der Waals surface area contributed by atoms with Gasteiger partial charge in [-0.1, -0.05) is 13.8 Å². The Bertz CT molecular complexity index is 312. The van der Waals surface area contributed by atoms with Crippen LogP contribution < -0.4 is 5.32 Å². The van der Waals surface area contributed by atoms with Crippen molar-refractivity contribution in [2.75, 3.05) is 6.61 Å². The second-order valence-electron chi connectivity index (χ2n) is 4.88. The summed E-state index contributed by atoms with van der Waals surface area (Å²) < 4.78 is 5.37. The van der Waals surface area contributed by atoms with Crippen molar-refractivity contribution >= 4 is 11.9 Å². The lowest BCUT2D eigenvalue weighted by Gasteiger charge is -2.31. The fourth-order valence-corrected chi connectivity index (χ4v) is 2.21. The van der Waals surface area contributed by atoms with Crippen molar-refractivity contribution in [3.63, 3.8) is 0 Å². The Hall–Kier alpha value is -1.10. The second-order valence-corrected chi connectivity index (χ2v) is 4.88. The van der Waals surface area contributed by atoms with Gasteiger partial charge in [0.2, 0.25) is 5.91 Å². The SMILES string of the molecule is CCOC1CC1C(=O)NC(CC)(CC)CC(=O)O. The van der Waals surface area contributed by atoms with E-state index in [1.54, 1.807) is 0 Å². The van der Waals surface area contributed by atoms with Gasteiger partial charge in [-0.25, -0.2) is 0 Å². The Morgan fingerprint density at radius 1 is 1.33 bits per heavy atom. The summed E-state index contributed by atoms with van der Waals surface area (Å²) in [6.45, 7) is 6.32. The van der Waals surface area contributed by atoms with Crippen LogP contribution >= 0.6 is 0 Å². The van der Waals surface area contributed by atoms with E-state index < -0.39 is 11.5 Å². The van der Waals surface area contributed by atoms with Crippen molar-refractivity contribution in [3.05, 3.63) is 0 Å². The highest BCUT2D eigenvalue weighted by atomic mass is 16.5. The van der Waals surface area contributed by atoms with Crippen LogP contribution in [0.25, 0.3) is 0 Å². The quantitative estimate of drug-likeness (QED) is 0.692. The topological polar surface area (TPSA) is 75.6 Å². The normalized spacial score (nSPS) is 22.6. The molecule has 0 saturated heterocycles. The summed E-state index contributed by atoms with van der Waals surface area (Å²) in [5.41, 5.74) is -0.623. The summed E-state index contributed by atoms with van der Waals surface area (Å²) in [5.74, 6) is -1.05. The molecule has 1 saturated carbocycles. The van der Waals surface area contributed by atoms with Gasteiger partial charge in [-0.05, 0) is 26.2 Å².